The smallest absolute Gasteiger partial charge is 0.164 e. The quantitative estimate of drug-likeness (QED) is 0.157. The second-order valence-electron chi connectivity index (χ2n) is 16.4. The Morgan fingerprint density at radius 1 is 0.297 bits per heavy atom. The van der Waals surface area contributed by atoms with Gasteiger partial charge in [-0.2, -0.15) is 0 Å². The topological polar surface area (TPSA) is 43.6 Å². The zero-order valence-electron chi connectivity index (χ0n) is 34.5. The SMILES string of the molecule is c1ccc(-c2ccc(-c3nc(-c4cccc(-c5ccc6sc7ccccc7c6c5)c4)nc(-c4cc5ccccc5c5ccccc45)n3)cc2-n2c3ccccc3c3ccccc32)cc1. The first-order valence-electron chi connectivity index (χ1n) is 21.6. The van der Waals surface area contributed by atoms with Gasteiger partial charge >= 0.3 is 0 Å². The highest BCUT2D eigenvalue weighted by molar-refractivity contribution is 7.25. The molecule has 3 heterocycles. The molecule has 0 radical (unpaired) electrons. The zero-order chi connectivity index (χ0) is 42.1. The average molecular weight is 833 g/mol. The van der Waals surface area contributed by atoms with Crippen LogP contribution in [0.25, 0.3) is 126 Å². The van der Waals surface area contributed by atoms with Crippen molar-refractivity contribution in [3.05, 3.63) is 218 Å². The lowest BCUT2D eigenvalue weighted by Gasteiger charge is -2.17. The van der Waals surface area contributed by atoms with Crippen molar-refractivity contribution in [1.29, 1.82) is 0 Å². The summed E-state index contributed by atoms with van der Waals surface area (Å²) < 4.78 is 4.98. The molecule has 0 spiro atoms. The van der Waals surface area contributed by atoms with E-state index in [9.17, 15) is 0 Å². The van der Waals surface area contributed by atoms with Gasteiger partial charge in [0.2, 0.25) is 0 Å². The molecular weight excluding hydrogens is 797 g/mol. The normalized spacial score (nSPS) is 11.8. The minimum atomic E-state index is 0.607. The standard InChI is InChI=1S/C59H36N4S/c1-2-15-37(16-3-1)44-31-29-42(36-54(44)63-52-26-11-8-23-47(52)48-24-9-12-27-53(48)63)58-60-57(61-59(62-58)51-35-40-17-4-5-20-43(40)45-21-6-7-22-46(45)51)41-19-14-18-38(33-41)39-30-32-56-50(34-39)49-25-10-13-28-55(49)64-56/h1-36H. The summed E-state index contributed by atoms with van der Waals surface area (Å²) in [5.41, 5.74) is 10.6. The molecule has 0 unspecified atom stereocenters. The summed E-state index contributed by atoms with van der Waals surface area (Å²) in [6.07, 6.45) is 0. The van der Waals surface area contributed by atoms with Crippen LogP contribution in [0.5, 0.6) is 0 Å². The molecule has 0 saturated heterocycles. The number of thiophene rings is 1. The highest BCUT2D eigenvalue weighted by Crippen LogP contribution is 2.41. The molecule has 10 aromatic carbocycles. The Hall–Kier alpha value is -8.25. The second kappa shape index (κ2) is 14.7. The fraction of sp³-hybridized carbons (Fsp3) is 0. The zero-order valence-corrected chi connectivity index (χ0v) is 35.3. The van der Waals surface area contributed by atoms with Crippen LogP contribution in [-0.4, -0.2) is 19.5 Å². The van der Waals surface area contributed by atoms with Crippen molar-refractivity contribution in [2.75, 3.05) is 0 Å². The summed E-state index contributed by atoms with van der Waals surface area (Å²) in [5, 5.41) is 9.58. The fourth-order valence-electron chi connectivity index (χ4n) is 9.64. The fourth-order valence-corrected chi connectivity index (χ4v) is 10.7. The molecule has 64 heavy (non-hydrogen) atoms. The number of hydrogen-bond donors (Lipinski definition) is 0. The second-order valence-corrected chi connectivity index (χ2v) is 17.4. The van der Waals surface area contributed by atoms with Crippen molar-refractivity contribution >= 4 is 74.9 Å². The number of fused-ring (bicyclic) bond motifs is 9. The van der Waals surface area contributed by atoms with E-state index >= 15 is 0 Å². The van der Waals surface area contributed by atoms with E-state index in [4.69, 9.17) is 15.0 Å². The highest BCUT2D eigenvalue weighted by Gasteiger charge is 2.20. The van der Waals surface area contributed by atoms with E-state index < -0.39 is 0 Å². The predicted molar refractivity (Wildman–Crippen MR) is 269 cm³/mol. The van der Waals surface area contributed by atoms with E-state index in [1.807, 2.05) is 11.3 Å². The highest BCUT2D eigenvalue weighted by atomic mass is 32.1. The van der Waals surface area contributed by atoms with Gasteiger partial charge in [0.05, 0.1) is 16.7 Å². The third kappa shape index (κ3) is 5.93. The summed E-state index contributed by atoms with van der Waals surface area (Å²) in [6, 6.07) is 78.1. The van der Waals surface area contributed by atoms with Crippen LogP contribution in [0.15, 0.2) is 218 Å². The van der Waals surface area contributed by atoms with Crippen LogP contribution >= 0.6 is 11.3 Å². The van der Waals surface area contributed by atoms with E-state index in [0.717, 1.165) is 66.4 Å². The van der Waals surface area contributed by atoms with Crippen LogP contribution in [-0.2, 0) is 0 Å². The average Bonchev–Trinajstić information content (AvgIpc) is 3.91. The summed E-state index contributed by atoms with van der Waals surface area (Å²) >= 11 is 1.84. The third-order valence-corrected chi connectivity index (χ3v) is 13.8. The Morgan fingerprint density at radius 3 is 1.62 bits per heavy atom. The van der Waals surface area contributed by atoms with Gasteiger partial charge < -0.3 is 4.57 Å². The summed E-state index contributed by atoms with van der Waals surface area (Å²) in [4.78, 5) is 16.2. The van der Waals surface area contributed by atoms with Gasteiger partial charge in [0.15, 0.2) is 17.5 Å². The van der Waals surface area contributed by atoms with Crippen molar-refractivity contribution in [3.8, 4) is 62.1 Å². The number of aromatic nitrogens is 4. The first-order valence-corrected chi connectivity index (χ1v) is 22.4. The van der Waals surface area contributed by atoms with Gasteiger partial charge in [0, 0.05) is 53.2 Å². The van der Waals surface area contributed by atoms with Gasteiger partial charge in [-0.3, -0.25) is 0 Å². The van der Waals surface area contributed by atoms with E-state index in [1.54, 1.807) is 0 Å². The molecule has 3 aromatic heterocycles. The number of hydrogen-bond acceptors (Lipinski definition) is 4. The molecule has 0 saturated carbocycles. The van der Waals surface area contributed by atoms with Crippen molar-refractivity contribution in [2.45, 2.75) is 0 Å². The molecule has 0 N–H and O–H groups in total. The van der Waals surface area contributed by atoms with Crippen LogP contribution in [0, 0.1) is 0 Å². The molecule has 298 valence electrons. The minimum Gasteiger partial charge on any atom is -0.309 e. The maximum atomic E-state index is 5.41. The first-order chi connectivity index (χ1) is 31.7. The number of para-hydroxylation sites is 2. The van der Waals surface area contributed by atoms with Gasteiger partial charge in [0.1, 0.15) is 0 Å². The van der Waals surface area contributed by atoms with Gasteiger partial charge in [-0.05, 0) is 86.8 Å². The number of rotatable bonds is 6. The Kier molecular flexibility index (Phi) is 8.36. The molecule has 13 rings (SSSR count). The molecule has 13 aromatic rings. The minimum absolute atomic E-state index is 0.607. The lowest BCUT2D eigenvalue weighted by molar-refractivity contribution is 1.07. The molecule has 0 aliphatic heterocycles. The van der Waals surface area contributed by atoms with Crippen LogP contribution in [0.1, 0.15) is 0 Å². The van der Waals surface area contributed by atoms with Gasteiger partial charge in [-0.25, -0.2) is 15.0 Å². The lowest BCUT2D eigenvalue weighted by Crippen LogP contribution is -2.03. The Balaban J connectivity index is 1.05. The molecule has 0 aliphatic carbocycles. The van der Waals surface area contributed by atoms with Crippen molar-refractivity contribution < 1.29 is 0 Å². The molecule has 4 nitrogen and oxygen atoms in total. The Bertz CT molecular complexity index is 3920. The van der Waals surface area contributed by atoms with Crippen LogP contribution in [0.3, 0.4) is 0 Å². The largest absolute Gasteiger partial charge is 0.309 e. The lowest BCUT2D eigenvalue weighted by atomic mass is 9.96. The summed E-state index contributed by atoms with van der Waals surface area (Å²) in [7, 11) is 0. The van der Waals surface area contributed by atoms with Crippen LogP contribution in [0.2, 0.25) is 0 Å². The molecule has 0 amide bonds. The van der Waals surface area contributed by atoms with E-state index in [2.05, 4.69) is 223 Å². The van der Waals surface area contributed by atoms with Crippen molar-refractivity contribution in [3.63, 3.8) is 0 Å². The molecule has 0 bridgehead atoms. The Labute approximate surface area is 373 Å². The van der Waals surface area contributed by atoms with Crippen LogP contribution < -0.4 is 0 Å². The van der Waals surface area contributed by atoms with Crippen molar-refractivity contribution in [2.24, 2.45) is 0 Å². The van der Waals surface area contributed by atoms with E-state index in [-0.39, 0.29) is 0 Å². The summed E-state index contributed by atoms with van der Waals surface area (Å²) in [5.74, 6) is 1.85. The molecular formula is C59H36N4S. The van der Waals surface area contributed by atoms with E-state index in [0.29, 0.717) is 17.5 Å². The van der Waals surface area contributed by atoms with Gasteiger partial charge in [-0.15, -0.1) is 11.3 Å². The monoisotopic (exact) mass is 832 g/mol. The molecule has 0 aliphatic rings. The maximum Gasteiger partial charge on any atom is 0.164 e. The molecule has 0 fully saturated rings. The number of benzene rings is 10. The molecule has 5 heteroatoms. The predicted octanol–water partition coefficient (Wildman–Crippen LogP) is 16.0. The Morgan fingerprint density at radius 2 is 0.844 bits per heavy atom. The van der Waals surface area contributed by atoms with Gasteiger partial charge in [0.25, 0.3) is 0 Å². The third-order valence-electron chi connectivity index (χ3n) is 12.6. The molecule has 0 atom stereocenters. The van der Waals surface area contributed by atoms with Crippen LogP contribution in [0.4, 0.5) is 0 Å². The summed E-state index contributed by atoms with van der Waals surface area (Å²) in [6.45, 7) is 0. The maximum absolute atomic E-state index is 5.41. The van der Waals surface area contributed by atoms with Gasteiger partial charge in [-0.1, -0.05) is 170 Å². The first kappa shape index (κ1) is 36.4. The van der Waals surface area contributed by atoms with Crippen molar-refractivity contribution in [1.82, 2.24) is 19.5 Å². The number of nitrogens with zero attached hydrogens (tertiary/aromatic N) is 4. The van der Waals surface area contributed by atoms with E-state index in [1.165, 1.54) is 41.7 Å².